The van der Waals surface area contributed by atoms with Gasteiger partial charge in [0.2, 0.25) is 5.91 Å². The topological polar surface area (TPSA) is 72.7 Å². The van der Waals surface area contributed by atoms with Gasteiger partial charge in [0.05, 0.1) is 10.9 Å². The predicted octanol–water partition coefficient (Wildman–Crippen LogP) is 4.74. The largest absolute Gasteiger partial charge is 0.301 e. The third-order valence-electron chi connectivity index (χ3n) is 4.42. The number of carbonyl (C=O) groups is 1. The first-order valence-corrected chi connectivity index (χ1v) is 11.3. The van der Waals surface area contributed by atoms with Crippen LogP contribution in [0.1, 0.15) is 24.0 Å². The first-order valence-electron chi connectivity index (χ1n) is 9.53. The van der Waals surface area contributed by atoms with Gasteiger partial charge in [-0.05, 0) is 31.5 Å². The highest BCUT2D eigenvalue weighted by Gasteiger charge is 2.22. The third-order valence-corrected chi connectivity index (χ3v) is 6.34. The molecule has 0 spiro atoms. The average molecular weight is 436 g/mol. The van der Waals surface area contributed by atoms with Crippen LogP contribution in [0, 0.1) is 6.92 Å². The number of anilines is 1. The zero-order valence-electron chi connectivity index (χ0n) is 16.6. The minimum Gasteiger partial charge on any atom is -0.301 e. The number of carbonyl (C=O) groups excluding carboxylic acids is 1. The van der Waals surface area contributed by atoms with Gasteiger partial charge in [0.15, 0.2) is 10.3 Å². The van der Waals surface area contributed by atoms with Crippen LogP contribution in [-0.4, -0.2) is 30.9 Å². The lowest BCUT2D eigenvalue weighted by molar-refractivity contribution is -0.115. The number of nitrogens with one attached hydrogen (secondary N) is 1. The lowest BCUT2D eigenvalue weighted by Crippen LogP contribution is -2.22. The summed E-state index contributed by atoms with van der Waals surface area (Å²) in [5.74, 6) is 0.722. The van der Waals surface area contributed by atoms with Gasteiger partial charge >= 0.3 is 0 Å². The highest BCUT2D eigenvalue weighted by atomic mass is 32.2. The summed E-state index contributed by atoms with van der Waals surface area (Å²) in [6.07, 6.45) is 0.655. The van der Waals surface area contributed by atoms with Crippen LogP contribution in [-0.2, 0) is 11.2 Å². The second kappa shape index (κ2) is 9.23. The number of thioether (sulfide) groups is 1. The molecular formula is C22H21N5OS2. The molecule has 30 heavy (non-hydrogen) atoms. The van der Waals surface area contributed by atoms with Crippen LogP contribution in [0.5, 0.6) is 0 Å². The van der Waals surface area contributed by atoms with Crippen molar-refractivity contribution in [3.8, 4) is 5.69 Å². The number of benzene rings is 2. The van der Waals surface area contributed by atoms with E-state index in [1.165, 1.54) is 23.1 Å². The highest BCUT2D eigenvalue weighted by molar-refractivity contribution is 8.00. The summed E-state index contributed by atoms with van der Waals surface area (Å²) < 4.78 is 2.02. The van der Waals surface area contributed by atoms with Crippen molar-refractivity contribution in [1.29, 1.82) is 0 Å². The molecule has 2 aromatic heterocycles. The molecule has 0 fully saturated rings. The molecule has 0 saturated heterocycles. The fourth-order valence-electron chi connectivity index (χ4n) is 2.94. The number of amides is 1. The number of para-hydroxylation sites is 1. The molecule has 2 heterocycles. The molecule has 1 N–H and O–H groups in total. The first kappa shape index (κ1) is 20.3. The van der Waals surface area contributed by atoms with Crippen molar-refractivity contribution < 1.29 is 4.79 Å². The second-order valence-electron chi connectivity index (χ2n) is 6.78. The Hall–Kier alpha value is -2.97. The first-order chi connectivity index (χ1) is 14.6. The summed E-state index contributed by atoms with van der Waals surface area (Å²) >= 11 is 2.81. The van der Waals surface area contributed by atoms with Crippen molar-refractivity contribution in [2.45, 2.75) is 30.7 Å². The minimum absolute atomic E-state index is 0.110. The smallest absolute Gasteiger partial charge is 0.239 e. The van der Waals surface area contributed by atoms with E-state index in [1.807, 2.05) is 72.3 Å². The maximum atomic E-state index is 12.6. The normalized spacial score (nSPS) is 11.9. The van der Waals surface area contributed by atoms with E-state index in [-0.39, 0.29) is 11.2 Å². The zero-order chi connectivity index (χ0) is 20.9. The number of hydrogen-bond donors (Lipinski definition) is 1. The summed E-state index contributed by atoms with van der Waals surface area (Å²) in [5, 5.41) is 14.6. The lowest BCUT2D eigenvalue weighted by atomic mass is 10.1. The van der Waals surface area contributed by atoms with Gasteiger partial charge in [-0.2, -0.15) is 0 Å². The van der Waals surface area contributed by atoms with Crippen molar-refractivity contribution in [2.24, 2.45) is 0 Å². The predicted molar refractivity (Wildman–Crippen MR) is 121 cm³/mol. The molecule has 152 valence electrons. The molecule has 2 aromatic carbocycles. The molecule has 0 bridgehead atoms. The van der Waals surface area contributed by atoms with Gasteiger partial charge in [-0.25, -0.2) is 4.98 Å². The van der Waals surface area contributed by atoms with E-state index in [0.717, 1.165) is 22.8 Å². The van der Waals surface area contributed by atoms with E-state index in [1.54, 1.807) is 0 Å². The third kappa shape index (κ3) is 4.77. The van der Waals surface area contributed by atoms with Crippen molar-refractivity contribution in [1.82, 2.24) is 19.7 Å². The molecule has 0 saturated carbocycles. The van der Waals surface area contributed by atoms with Crippen molar-refractivity contribution in [3.05, 3.63) is 83.1 Å². The summed E-state index contributed by atoms with van der Waals surface area (Å²) in [5.41, 5.74) is 3.02. The van der Waals surface area contributed by atoms with Crippen molar-refractivity contribution in [2.75, 3.05) is 5.32 Å². The van der Waals surface area contributed by atoms with Gasteiger partial charge < -0.3 is 5.32 Å². The Morgan fingerprint density at radius 3 is 2.47 bits per heavy atom. The standard InChI is InChI=1S/C22H21N5OS2/c1-15-14-29-21(23-15)24-20(28)16(2)30-22-26-25-19(13-17-9-5-3-6-10-17)27(22)18-11-7-4-8-12-18/h3-12,14,16H,13H2,1-2H3,(H,23,24,28)/t16-/m1/s1. The Labute approximate surface area is 183 Å². The summed E-state index contributed by atoms with van der Waals surface area (Å²) in [4.78, 5) is 16.9. The number of thiazole rings is 1. The fourth-order valence-corrected chi connectivity index (χ4v) is 4.51. The molecule has 6 nitrogen and oxygen atoms in total. The number of hydrogen-bond acceptors (Lipinski definition) is 6. The van der Waals surface area contributed by atoms with E-state index >= 15 is 0 Å². The molecular weight excluding hydrogens is 414 g/mol. The highest BCUT2D eigenvalue weighted by Crippen LogP contribution is 2.27. The summed E-state index contributed by atoms with van der Waals surface area (Å²) in [6.45, 7) is 3.77. The SMILES string of the molecule is Cc1csc(NC(=O)[C@@H](C)Sc2nnc(Cc3ccccc3)n2-c2ccccc2)n1. The molecule has 0 aliphatic heterocycles. The number of aryl methyl sites for hydroxylation is 1. The van der Waals surface area contributed by atoms with Gasteiger partial charge in [0, 0.05) is 17.5 Å². The Bertz CT molecular complexity index is 1120. The van der Waals surface area contributed by atoms with Gasteiger partial charge in [-0.15, -0.1) is 21.5 Å². The molecule has 1 amide bonds. The number of aromatic nitrogens is 4. The Balaban J connectivity index is 1.58. The van der Waals surface area contributed by atoms with E-state index in [4.69, 9.17) is 0 Å². The van der Waals surface area contributed by atoms with Crippen LogP contribution in [0.15, 0.2) is 71.2 Å². The van der Waals surface area contributed by atoms with Gasteiger partial charge in [0.25, 0.3) is 0 Å². The van der Waals surface area contributed by atoms with Gasteiger partial charge in [-0.3, -0.25) is 9.36 Å². The molecule has 0 radical (unpaired) electrons. The second-order valence-corrected chi connectivity index (χ2v) is 8.94. The monoisotopic (exact) mass is 435 g/mol. The van der Waals surface area contributed by atoms with Crippen molar-refractivity contribution in [3.63, 3.8) is 0 Å². The Kier molecular flexibility index (Phi) is 6.25. The lowest BCUT2D eigenvalue weighted by Gasteiger charge is -2.13. The van der Waals surface area contributed by atoms with Crippen LogP contribution in [0.3, 0.4) is 0 Å². The molecule has 1 atom stereocenters. The molecule has 0 aliphatic carbocycles. The van der Waals surface area contributed by atoms with Crippen LogP contribution >= 0.6 is 23.1 Å². The molecule has 0 unspecified atom stereocenters. The zero-order valence-corrected chi connectivity index (χ0v) is 18.3. The van der Waals surface area contributed by atoms with E-state index in [0.29, 0.717) is 16.7 Å². The summed E-state index contributed by atoms with van der Waals surface area (Å²) in [6, 6.07) is 20.2. The van der Waals surface area contributed by atoms with Gasteiger partial charge in [-0.1, -0.05) is 60.3 Å². The van der Waals surface area contributed by atoms with Crippen LogP contribution in [0.2, 0.25) is 0 Å². The maximum absolute atomic E-state index is 12.6. The maximum Gasteiger partial charge on any atom is 0.239 e. The Morgan fingerprint density at radius 2 is 1.80 bits per heavy atom. The molecule has 4 aromatic rings. The number of nitrogens with zero attached hydrogens (tertiary/aromatic N) is 4. The van der Waals surface area contributed by atoms with Crippen LogP contribution in [0.25, 0.3) is 5.69 Å². The summed E-state index contributed by atoms with van der Waals surface area (Å²) in [7, 11) is 0. The van der Waals surface area contributed by atoms with Crippen LogP contribution < -0.4 is 5.32 Å². The van der Waals surface area contributed by atoms with Crippen LogP contribution in [0.4, 0.5) is 5.13 Å². The molecule has 8 heteroatoms. The minimum atomic E-state index is -0.356. The van der Waals surface area contributed by atoms with E-state index in [2.05, 4.69) is 32.6 Å². The van der Waals surface area contributed by atoms with Gasteiger partial charge in [0.1, 0.15) is 5.82 Å². The quantitative estimate of drug-likeness (QED) is 0.425. The van der Waals surface area contributed by atoms with E-state index < -0.39 is 0 Å². The fraction of sp³-hybridized carbons (Fsp3) is 0.182. The van der Waals surface area contributed by atoms with E-state index in [9.17, 15) is 4.79 Å². The van der Waals surface area contributed by atoms with Crippen molar-refractivity contribution >= 4 is 34.1 Å². The Morgan fingerprint density at radius 1 is 1.10 bits per heavy atom. The molecule has 4 rings (SSSR count). The average Bonchev–Trinajstić information content (AvgIpc) is 3.35. The molecule has 0 aliphatic rings. The number of rotatable bonds is 7.